The second kappa shape index (κ2) is 7.25. The summed E-state index contributed by atoms with van der Waals surface area (Å²) in [5, 5.41) is 0. The molecule has 0 bridgehead atoms. The third-order valence-electron chi connectivity index (χ3n) is 5.17. The van der Waals surface area contributed by atoms with E-state index < -0.39 is 23.1 Å². The minimum Gasteiger partial charge on any atom is -0.379 e. The molecular weight excluding hydrogens is 392 g/mol. The summed E-state index contributed by atoms with van der Waals surface area (Å²) in [5.74, 6) is -0.395. The lowest BCUT2D eigenvalue weighted by Gasteiger charge is -2.32. The van der Waals surface area contributed by atoms with Crippen LogP contribution in [0.3, 0.4) is 0 Å². The lowest BCUT2D eigenvalue weighted by Crippen LogP contribution is -2.41. The van der Waals surface area contributed by atoms with Gasteiger partial charge in [0.1, 0.15) is 23.7 Å². The second-order valence-corrected chi connectivity index (χ2v) is 7.37. The molecule has 0 saturated carbocycles. The van der Waals surface area contributed by atoms with E-state index in [1.54, 1.807) is 9.80 Å². The Labute approximate surface area is 164 Å². The molecule has 0 N–H and O–H groups in total. The van der Waals surface area contributed by atoms with Crippen LogP contribution in [0.5, 0.6) is 0 Å². The van der Waals surface area contributed by atoms with Crippen LogP contribution in [0.1, 0.15) is 12.1 Å². The lowest BCUT2D eigenvalue weighted by molar-refractivity contribution is -0.141. The highest BCUT2D eigenvalue weighted by Crippen LogP contribution is 2.38. The van der Waals surface area contributed by atoms with Crippen molar-refractivity contribution >= 4 is 17.4 Å². The lowest BCUT2D eigenvalue weighted by atomic mass is 9.87. The number of aromatic nitrogens is 2. The molecule has 0 unspecified atom stereocenters. The fourth-order valence-electron chi connectivity index (χ4n) is 3.82. The maximum absolute atomic E-state index is 13.2. The molecule has 154 valence electrons. The van der Waals surface area contributed by atoms with E-state index in [1.165, 1.54) is 24.3 Å². The smallest absolute Gasteiger partial charge is 0.379 e. The molecular formula is C19H18F4N4O2. The molecule has 0 radical (unpaired) electrons. The normalized spacial score (nSPS) is 23.0. The van der Waals surface area contributed by atoms with Gasteiger partial charge in [0.25, 0.3) is 0 Å². The van der Waals surface area contributed by atoms with Gasteiger partial charge < -0.3 is 14.5 Å². The van der Waals surface area contributed by atoms with Crippen molar-refractivity contribution < 1.29 is 27.1 Å². The fraction of sp³-hybridized carbons (Fsp3) is 0.421. The Morgan fingerprint density at radius 1 is 1.10 bits per heavy atom. The molecule has 29 heavy (non-hydrogen) atoms. The molecule has 3 heterocycles. The standard InChI is InChI=1S/C19H18F4N4O2/c20-13-1-3-14(4-2-13)27-10-18(8-17(27)28)9-26(5-6-29-11-18)16-7-15(19(21,22)23)24-12-25-16/h1-4,7,12H,5-6,8-11H2/t18-/m1/s1. The number of hydrogen-bond acceptors (Lipinski definition) is 5. The molecule has 2 aliphatic rings. The first-order chi connectivity index (χ1) is 13.8. The molecule has 1 spiro atoms. The quantitative estimate of drug-likeness (QED) is 0.713. The Kier molecular flexibility index (Phi) is 4.89. The Bertz CT molecular complexity index is 906. The van der Waals surface area contributed by atoms with E-state index in [0.29, 0.717) is 38.5 Å². The van der Waals surface area contributed by atoms with Gasteiger partial charge in [0.2, 0.25) is 5.91 Å². The minimum absolute atomic E-state index is 0.138. The summed E-state index contributed by atoms with van der Waals surface area (Å²) in [4.78, 5) is 23.2. The second-order valence-electron chi connectivity index (χ2n) is 7.37. The minimum atomic E-state index is -4.57. The molecule has 6 nitrogen and oxygen atoms in total. The van der Waals surface area contributed by atoms with Crippen LogP contribution in [0, 0.1) is 11.2 Å². The van der Waals surface area contributed by atoms with Crippen molar-refractivity contribution in [3.8, 4) is 0 Å². The highest BCUT2D eigenvalue weighted by Gasteiger charge is 2.46. The van der Waals surface area contributed by atoms with Crippen LogP contribution in [-0.4, -0.2) is 48.7 Å². The van der Waals surface area contributed by atoms with Crippen molar-refractivity contribution in [1.82, 2.24) is 9.97 Å². The molecule has 0 aliphatic carbocycles. The van der Waals surface area contributed by atoms with Crippen LogP contribution >= 0.6 is 0 Å². The summed E-state index contributed by atoms with van der Waals surface area (Å²) < 4.78 is 57.9. The molecule has 1 amide bonds. The van der Waals surface area contributed by atoms with Gasteiger partial charge in [-0.15, -0.1) is 0 Å². The largest absolute Gasteiger partial charge is 0.433 e. The van der Waals surface area contributed by atoms with E-state index in [2.05, 4.69) is 9.97 Å². The molecule has 1 aromatic heterocycles. The highest BCUT2D eigenvalue weighted by molar-refractivity contribution is 5.96. The summed E-state index contributed by atoms with van der Waals surface area (Å²) in [7, 11) is 0. The number of hydrogen-bond donors (Lipinski definition) is 0. The molecule has 2 saturated heterocycles. The van der Waals surface area contributed by atoms with Gasteiger partial charge in [-0.2, -0.15) is 13.2 Å². The SMILES string of the molecule is O=C1C[C@]2(COCCN(c3cc(C(F)(F)F)ncn3)C2)CN1c1ccc(F)cc1. The molecule has 1 atom stereocenters. The average Bonchev–Trinajstić information content (AvgIpc) is 2.86. The van der Waals surface area contributed by atoms with E-state index in [9.17, 15) is 22.4 Å². The van der Waals surface area contributed by atoms with Crippen LogP contribution in [-0.2, 0) is 15.7 Å². The van der Waals surface area contributed by atoms with Gasteiger partial charge in [0, 0.05) is 43.2 Å². The predicted molar refractivity (Wildman–Crippen MR) is 95.9 cm³/mol. The van der Waals surface area contributed by atoms with E-state index in [-0.39, 0.29) is 18.1 Å². The maximum atomic E-state index is 13.2. The fourth-order valence-corrected chi connectivity index (χ4v) is 3.82. The highest BCUT2D eigenvalue weighted by atomic mass is 19.4. The number of halogens is 4. The summed E-state index contributed by atoms with van der Waals surface area (Å²) in [5.41, 5.74) is -1.05. The number of ether oxygens (including phenoxy) is 1. The van der Waals surface area contributed by atoms with Crippen molar-refractivity contribution in [3.63, 3.8) is 0 Å². The Balaban J connectivity index is 1.59. The van der Waals surface area contributed by atoms with Gasteiger partial charge in [-0.05, 0) is 24.3 Å². The Morgan fingerprint density at radius 3 is 2.59 bits per heavy atom. The maximum Gasteiger partial charge on any atom is 0.433 e. The van der Waals surface area contributed by atoms with Crippen LogP contribution in [0.25, 0.3) is 0 Å². The van der Waals surface area contributed by atoms with Crippen molar-refractivity contribution in [2.45, 2.75) is 12.6 Å². The zero-order valence-electron chi connectivity index (χ0n) is 15.3. The van der Waals surface area contributed by atoms with Crippen LogP contribution in [0.15, 0.2) is 36.7 Å². The molecule has 2 fully saturated rings. The average molecular weight is 410 g/mol. The van der Waals surface area contributed by atoms with Crippen molar-refractivity contribution in [2.24, 2.45) is 5.41 Å². The Morgan fingerprint density at radius 2 is 1.86 bits per heavy atom. The zero-order valence-corrected chi connectivity index (χ0v) is 15.3. The van der Waals surface area contributed by atoms with E-state index >= 15 is 0 Å². The van der Waals surface area contributed by atoms with Crippen molar-refractivity contribution in [2.75, 3.05) is 42.6 Å². The molecule has 2 aliphatic heterocycles. The zero-order chi connectivity index (χ0) is 20.6. The molecule has 1 aromatic carbocycles. The van der Waals surface area contributed by atoms with Crippen molar-refractivity contribution in [3.05, 3.63) is 48.2 Å². The van der Waals surface area contributed by atoms with Gasteiger partial charge in [0.15, 0.2) is 0 Å². The first kappa shape index (κ1) is 19.6. The third kappa shape index (κ3) is 4.02. The van der Waals surface area contributed by atoms with E-state index in [4.69, 9.17) is 4.74 Å². The number of benzene rings is 1. The van der Waals surface area contributed by atoms with Gasteiger partial charge in [-0.25, -0.2) is 14.4 Å². The number of amides is 1. The van der Waals surface area contributed by atoms with Crippen LogP contribution < -0.4 is 9.80 Å². The summed E-state index contributed by atoms with van der Waals surface area (Å²) in [6.07, 6.45) is -3.50. The van der Waals surface area contributed by atoms with Crippen LogP contribution in [0.4, 0.5) is 29.1 Å². The number of anilines is 2. The predicted octanol–water partition coefficient (Wildman–Crippen LogP) is 2.89. The molecule has 2 aromatic rings. The van der Waals surface area contributed by atoms with Gasteiger partial charge in [-0.1, -0.05) is 0 Å². The van der Waals surface area contributed by atoms with Crippen molar-refractivity contribution in [1.29, 1.82) is 0 Å². The van der Waals surface area contributed by atoms with Gasteiger partial charge >= 0.3 is 6.18 Å². The number of rotatable bonds is 2. The van der Waals surface area contributed by atoms with E-state index in [0.717, 1.165) is 12.4 Å². The first-order valence-corrected chi connectivity index (χ1v) is 9.04. The number of nitrogens with zero attached hydrogens (tertiary/aromatic N) is 4. The van der Waals surface area contributed by atoms with Crippen LogP contribution in [0.2, 0.25) is 0 Å². The monoisotopic (exact) mass is 410 g/mol. The summed E-state index contributed by atoms with van der Waals surface area (Å²) in [6, 6.07) is 6.53. The topological polar surface area (TPSA) is 58.6 Å². The summed E-state index contributed by atoms with van der Waals surface area (Å²) in [6.45, 7) is 1.58. The number of alkyl halides is 3. The molecule has 10 heteroatoms. The first-order valence-electron chi connectivity index (χ1n) is 9.04. The number of carbonyl (C=O) groups is 1. The summed E-state index contributed by atoms with van der Waals surface area (Å²) >= 11 is 0. The van der Waals surface area contributed by atoms with E-state index in [1.807, 2.05) is 0 Å². The Hall–Kier alpha value is -2.75. The van der Waals surface area contributed by atoms with Gasteiger partial charge in [-0.3, -0.25) is 4.79 Å². The third-order valence-corrected chi connectivity index (χ3v) is 5.17. The number of carbonyl (C=O) groups excluding carboxylic acids is 1. The van der Waals surface area contributed by atoms with Gasteiger partial charge in [0.05, 0.1) is 13.2 Å². The molecule has 4 rings (SSSR count).